The van der Waals surface area contributed by atoms with Crippen LogP contribution in [0.4, 0.5) is 0 Å². The van der Waals surface area contributed by atoms with Crippen molar-refractivity contribution in [3.63, 3.8) is 0 Å². The minimum absolute atomic E-state index is 0.0442. The highest BCUT2D eigenvalue weighted by atomic mass is 32.2. The predicted octanol–water partition coefficient (Wildman–Crippen LogP) is 3.41. The minimum atomic E-state index is -3.52. The van der Waals surface area contributed by atoms with Gasteiger partial charge >= 0.3 is 0 Å². The molecule has 1 aromatic rings. The average molecular weight is 393 g/mol. The number of likely N-dealkylation sites (tertiary alicyclic amines) is 1. The molecule has 2 aliphatic rings. The number of carbonyl (C=O) groups excluding carboxylic acids is 1. The van der Waals surface area contributed by atoms with E-state index < -0.39 is 10.0 Å². The summed E-state index contributed by atoms with van der Waals surface area (Å²) in [6.45, 7) is 9.53. The molecule has 0 radical (unpaired) electrons. The van der Waals surface area contributed by atoms with Gasteiger partial charge in [0.05, 0.1) is 4.90 Å². The lowest BCUT2D eigenvalue weighted by molar-refractivity contribution is -0.140. The second-order valence-electron chi connectivity index (χ2n) is 8.28. The van der Waals surface area contributed by atoms with E-state index in [0.717, 1.165) is 36.1 Å². The molecule has 3 rings (SSSR count). The van der Waals surface area contributed by atoms with Gasteiger partial charge in [-0.15, -0.1) is 0 Å². The molecule has 6 heteroatoms. The van der Waals surface area contributed by atoms with E-state index in [-0.39, 0.29) is 11.8 Å². The Bertz CT molecular complexity index is 788. The van der Waals surface area contributed by atoms with Crippen LogP contribution < -0.4 is 0 Å². The zero-order chi connectivity index (χ0) is 19.8. The summed E-state index contributed by atoms with van der Waals surface area (Å²) in [6, 6.07) is 4.16. The van der Waals surface area contributed by atoms with Crippen LogP contribution in [0.1, 0.15) is 55.7 Å². The van der Waals surface area contributed by atoms with Gasteiger partial charge < -0.3 is 4.90 Å². The second kappa shape index (κ2) is 7.92. The fourth-order valence-corrected chi connectivity index (χ4v) is 6.59. The molecule has 1 atom stereocenters. The van der Waals surface area contributed by atoms with Crippen molar-refractivity contribution in [1.82, 2.24) is 9.21 Å². The third-order valence-electron chi connectivity index (χ3n) is 6.09. The Hall–Kier alpha value is -1.40. The molecule has 2 aliphatic heterocycles. The number of benzene rings is 1. The molecule has 5 nitrogen and oxygen atoms in total. The van der Waals surface area contributed by atoms with Crippen LogP contribution in [0, 0.1) is 26.7 Å². The Morgan fingerprint density at radius 3 is 2.11 bits per heavy atom. The summed E-state index contributed by atoms with van der Waals surface area (Å²) in [4.78, 5) is 15.3. The number of rotatable bonds is 3. The lowest BCUT2D eigenvalue weighted by Crippen LogP contribution is -2.48. The van der Waals surface area contributed by atoms with Crippen molar-refractivity contribution in [2.24, 2.45) is 5.92 Å². The second-order valence-corrected chi connectivity index (χ2v) is 10.2. The van der Waals surface area contributed by atoms with Gasteiger partial charge in [0.15, 0.2) is 0 Å². The highest BCUT2D eigenvalue weighted by Gasteiger charge is 2.36. The van der Waals surface area contributed by atoms with Crippen molar-refractivity contribution in [3.8, 4) is 0 Å². The summed E-state index contributed by atoms with van der Waals surface area (Å²) in [5.41, 5.74) is 2.67. The molecule has 2 saturated heterocycles. The summed E-state index contributed by atoms with van der Waals surface area (Å²) in [6.07, 6.45) is 4.58. The van der Waals surface area contributed by atoms with Crippen molar-refractivity contribution in [3.05, 3.63) is 28.8 Å². The van der Waals surface area contributed by atoms with Gasteiger partial charge in [0.1, 0.15) is 0 Å². The third-order valence-corrected chi connectivity index (χ3v) is 8.30. The number of carbonyl (C=O) groups is 1. The molecular weight excluding hydrogens is 360 g/mol. The molecule has 0 N–H and O–H groups in total. The highest BCUT2D eigenvalue weighted by Crippen LogP contribution is 2.30. The number of piperidine rings is 2. The topological polar surface area (TPSA) is 57.7 Å². The average Bonchev–Trinajstić information content (AvgIpc) is 2.60. The van der Waals surface area contributed by atoms with Gasteiger partial charge in [0.25, 0.3) is 0 Å². The van der Waals surface area contributed by atoms with Crippen LogP contribution in [0.2, 0.25) is 0 Å². The lowest BCUT2D eigenvalue weighted by atomic mass is 9.94. The first-order valence-electron chi connectivity index (χ1n) is 10.1. The summed E-state index contributed by atoms with van der Waals surface area (Å²) >= 11 is 0. The maximum Gasteiger partial charge on any atom is 0.243 e. The molecule has 1 unspecified atom stereocenters. The smallest absolute Gasteiger partial charge is 0.243 e. The Morgan fingerprint density at radius 2 is 1.56 bits per heavy atom. The van der Waals surface area contributed by atoms with Gasteiger partial charge in [-0.3, -0.25) is 4.79 Å². The van der Waals surface area contributed by atoms with Gasteiger partial charge in [0, 0.05) is 31.6 Å². The van der Waals surface area contributed by atoms with Gasteiger partial charge in [-0.05, 0) is 70.9 Å². The molecule has 0 aromatic heterocycles. The van der Waals surface area contributed by atoms with E-state index in [1.807, 2.05) is 37.8 Å². The van der Waals surface area contributed by atoms with Gasteiger partial charge in [0.2, 0.25) is 15.9 Å². The first-order chi connectivity index (χ1) is 12.7. The van der Waals surface area contributed by atoms with E-state index in [1.54, 1.807) is 4.31 Å². The number of nitrogens with zero attached hydrogens (tertiary/aromatic N) is 2. The quantitative estimate of drug-likeness (QED) is 0.792. The zero-order valence-electron chi connectivity index (χ0n) is 17.0. The van der Waals surface area contributed by atoms with Crippen LogP contribution in [-0.2, 0) is 14.8 Å². The Morgan fingerprint density at radius 1 is 0.963 bits per heavy atom. The lowest BCUT2D eigenvalue weighted by Gasteiger charge is -2.38. The summed E-state index contributed by atoms with van der Waals surface area (Å²) in [5, 5.41) is 0. The largest absolute Gasteiger partial charge is 0.340 e. The highest BCUT2D eigenvalue weighted by molar-refractivity contribution is 7.89. The first-order valence-corrected chi connectivity index (χ1v) is 11.5. The van der Waals surface area contributed by atoms with E-state index in [9.17, 15) is 13.2 Å². The Labute approximate surface area is 163 Å². The SMILES string of the molecule is Cc1cc(C)c(S(=O)(=O)N2CCC(C(=O)N3CCCCC3C)CC2)c(C)c1. The molecule has 0 aliphatic carbocycles. The van der Waals surface area contributed by atoms with Gasteiger partial charge in [-0.2, -0.15) is 4.31 Å². The molecule has 2 heterocycles. The maximum absolute atomic E-state index is 13.2. The molecule has 1 aromatic carbocycles. The molecule has 27 heavy (non-hydrogen) atoms. The molecular formula is C21H32N2O3S. The molecule has 150 valence electrons. The molecule has 0 spiro atoms. The van der Waals surface area contributed by atoms with Crippen LogP contribution in [-0.4, -0.2) is 49.2 Å². The fourth-order valence-electron chi connectivity index (χ4n) is 4.71. The predicted molar refractivity (Wildman–Crippen MR) is 107 cm³/mol. The van der Waals surface area contributed by atoms with Crippen LogP contribution in [0.15, 0.2) is 17.0 Å². The molecule has 2 fully saturated rings. The number of sulfonamides is 1. The fraction of sp³-hybridized carbons (Fsp3) is 0.667. The van der Waals surface area contributed by atoms with E-state index in [1.165, 1.54) is 6.42 Å². The van der Waals surface area contributed by atoms with Crippen molar-refractivity contribution in [2.45, 2.75) is 70.7 Å². The third kappa shape index (κ3) is 4.06. The van der Waals surface area contributed by atoms with E-state index in [0.29, 0.717) is 36.9 Å². The minimum Gasteiger partial charge on any atom is -0.340 e. The summed E-state index contributed by atoms with van der Waals surface area (Å²) < 4.78 is 28.0. The first kappa shape index (κ1) is 20.3. The monoisotopic (exact) mass is 392 g/mol. The zero-order valence-corrected chi connectivity index (χ0v) is 17.8. The van der Waals surface area contributed by atoms with E-state index in [4.69, 9.17) is 0 Å². The van der Waals surface area contributed by atoms with Crippen LogP contribution in [0.3, 0.4) is 0 Å². The number of aryl methyl sites for hydroxylation is 3. The molecule has 0 saturated carbocycles. The van der Waals surface area contributed by atoms with E-state index >= 15 is 0 Å². The maximum atomic E-state index is 13.2. The van der Waals surface area contributed by atoms with Crippen LogP contribution >= 0.6 is 0 Å². The van der Waals surface area contributed by atoms with Gasteiger partial charge in [-0.25, -0.2) is 8.42 Å². The number of hydrogen-bond acceptors (Lipinski definition) is 3. The van der Waals surface area contributed by atoms with Gasteiger partial charge in [-0.1, -0.05) is 17.7 Å². The van der Waals surface area contributed by atoms with Crippen molar-refractivity contribution < 1.29 is 13.2 Å². The number of amides is 1. The van der Waals surface area contributed by atoms with Crippen molar-refractivity contribution >= 4 is 15.9 Å². The number of hydrogen-bond donors (Lipinski definition) is 0. The van der Waals surface area contributed by atoms with E-state index in [2.05, 4.69) is 6.92 Å². The van der Waals surface area contributed by atoms with Crippen LogP contribution in [0.25, 0.3) is 0 Å². The summed E-state index contributed by atoms with van der Waals surface area (Å²) in [7, 11) is -3.52. The molecule has 1 amide bonds. The van der Waals surface area contributed by atoms with Crippen molar-refractivity contribution in [2.75, 3.05) is 19.6 Å². The standard InChI is InChI=1S/C21H32N2O3S/c1-15-13-16(2)20(17(3)14-15)27(25,26)22-11-8-19(9-12-22)21(24)23-10-6-5-7-18(23)4/h13-14,18-19H,5-12H2,1-4H3. The van der Waals surface area contributed by atoms with Crippen molar-refractivity contribution in [1.29, 1.82) is 0 Å². The molecule has 0 bridgehead atoms. The normalized spacial score (nSPS) is 22.8. The summed E-state index contributed by atoms with van der Waals surface area (Å²) in [5.74, 6) is 0.180. The Balaban J connectivity index is 1.71. The Kier molecular flexibility index (Phi) is 5.96. The van der Waals surface area contributed by atoms with Crippen LogP contribution in [0.5, 0.6) is 0 Å².